The summed E-state index contributed by atoms with van der Waals surface area (Å²) in [6.45, 7) is 2.04. The maximum atomic E-state index is 5.45. The molecule has 0 radical (unpaired) electrons. The van der Waals surface area contributed by atoms with Gasteiger partial charge in [0.1, 0.15) is 10.7 Å². The fraction of sp³-hybridized carbons (Fsp3) is 0.125. The van der Waals surface area contributed by atoms with Crippen molar-refractivity contribution in [1.29, 1.82) is 0 Å². The van der Waals surface area contributed by atoms with Gasteiger partial charge in [0.25, 0.3) is 0 Å². The summed E-state index contributed by atoms with van der Waals surface area (Å²) in [5.41, 5.74) is 2.49. The average Bonchev–Trinajstić information content (AvgIpc) is 2.77. The van der Waals surface area contributed by atoms with Gasteiger partial charge in [0, 0.05) is 10.0 Å². The minimum atomic E-state index is -0.497. The molecule has 2 nitrogen and oxygen atoms in total. The lowest BCUT2D eigenvalue weighted by atomic mass is 10.0. The predicted molar refractivity (Wildman–Crippen MR) is 90.2 cm³/mol. The molecule has 0 bridgehead atoms. The topological polar surface area (TPSA) is 24.4 Å². The zero-order valence-corrected chi connectivity index (χ0v) is 13.3. The van der Waals surface area contributed by atoms with Gasteiger partial charge in [-0.1, -0.05) is 70.6 Å². The van der Waals surface area contributed by atoms with Crippen LogP contribution in [0, 0.1) is 0 Å². The Morgan fingerprint density at radius 3 is 2.35 bits per heavy atom. The Morgan fingerprint density at radius 2 is 1.70 bits per heavy atom. The van der Waals surface area contributed by atoms with E-state index in [0.29, 0.717) is 4.99 Å². The van der Waals surface area contributed by atoms with Crippen molar-refractivity contribution in [2.75, 3.05) is 0 Å². The van der Waals surface area contributed by atoms with Crippen LogP contribution in [0.2, 0.25) is 0 Å². The molecule has 1 aliphatic heterocycles. The van der Waals surface area contributed by atoms with Crippen LogP contribution in [0.15, 0.2) is 64.1 Å². The van der Waals surface area contributed by atoms with Gasteiger partial charge >= 0.3 is 0 Å². The number of hydrogen-bond donors (Lipinski definition) is 1. The monoisotopic (exact) mass is 344 g/mol. The van der Waals surface area contributed by atoms with E-state index in [2.05, 4.69) is 33.4 Å². The fourth-order valence-corrected chi connectivity index (χ4v) is 2.91. The highest BCUT2D eigenvalue weighted by molar-refractivity contribution is 9.10. The fourth-order valence-electron chi connectivity index (χ4n) is 2.29. The summed E-state index contributed by atoms with van der Waals surface area (Å²) in [6, 6.07) is 18.2. The van der Waals surface area contributed by atoms with Crippen molar-refractivity contribution in [2.45, 2.75) is 12.6 Å². The lowest BCUT2D eigenvalue weighted by Crippen LogP contribution is -2.36. The van der Waals surface area contributed by atoms with Gasteiger partial charge in [0.05, 0.1) is 0 Å². The summed E-state index contributed by atoms with van der Waals surface area (Å²) in [4.78, 5) is 5.52. The lowest BCUT2D eigenvalue weighted by molar-refractivity contribution is 0.480. The van der Waals surface area contributed by atoms with Crippen molar-refractivity contribution in [2.24, 2.45) is 4.99 Å². The van der Waals surface area contributed by atoms with Gasteiger partial charge in [-0.15, -0.1) is 0 Å². The number of hydrogen-bond acceptors (Lipinski definition) is 2. The quantitative estimate of drug-likeness (QED) is 0.831. The molecule has 20 heavy (non-hydrogen) atoms. The van der Waals surface area contributed by atoms with E-state index in [1.807, 2.05) is 49.4 Å². The summed E-state index contributed by atoms with van der Waals surface area (Å²) in [5.74, 6) is 0. The van der Waals surface area contributed by atoms with Gasteiger partial charge in [0.2, 0.25) is 0 Å². The van der Waals surface area contributed by atoms with Gasteiger partial charge in [-0.05, 0) is 24.6 Å². The molecule has 0 spiro atoms. The van der Waals surface area contributed by atoms with Gasteiger partial charge in [-0.2, -0.15) is 0 Å². The van der Waals surface area contributed by atoms with E-state index in [0.717, 1.165) is 21.3 Å². The normalized spacial score (nSPS) is 21.5. The number of halogens is 1. The average molecular weight is 345 g/mol. The van der Waals surface area contributed by atoms with Crippen molar-refractivity contribution >= 4 is 38.8 Å². The smallest absolute Gasteiger partial charge is 0.154 e. The number of nitrogens with one attached hydrogen (secondary N) is 1. The Morgan fingerprint density at radius 1 is 1.05 bits per heavy atom. The zero-order valence-electron chi connectivity index (χ0n) is 10.9. The van der Waals surface area contributed by atoms with Crippen LogP contribution in [0.5, 0.6) is 0 Å². The first-order chi connectivity index (χ1) is 9.58. The summed E-state index contributed by atoms with van der Waals surface area (Å²) >= 11 is 8.90. The predicted octanol–water partition coefficient (Wildman–Crippen LogP) is 4.04. The molecule has 0 saturated heterocycles. The van der Waals surface area contributed by atoms with Crippen molar-refractivity contribution in [1.82, 2.24) is 5.32 Å². The summed E-state index contributed by atoms with van der Waals surface area (Å²) in [6.07, 6.45) is 0. The highest BCUT2D eigenvalue weighted by Gasteiger charge is 2.34. The third-order valence-corrected chi connectivity index (χ3v) is 4.19. The molecule has 0 amide bonds. The van der Waals surface area contributed by atoms with Gasteiger partial charge in [-0.25, -0.2) is 4.99 Å². The SMILES string of the molecule is CC1(c2ccc(Br)cc2)N=C(c2ccccc2)C(=S)N1. The van der Waals surface area contributed by atoms with E-state index in [-0.39, 0.29) is 0 Å². The third kappa shape index (κ3) is 2.41. The van der Waals surface area contributed by atoms with Crippen LogP contribution >= 0.6 is 28.1 Å². The van der Waals surface area contributed by atoms with Crippen LogP contribution in [-0.4, -0.2) is 10.7 Å². The van der Waals surface area contributed by atoms with Crippen molar-refractivity contribution < 1.29 is 0 Å². The second kappa shape index (κ2) is 5.11. The molecule has 1 N–H and O–H groups in total. The van der Waals surface area contributed by atoms with E-state index in [1.54, 1.807) is 0 Å². The first-order valence-corrected chi connectivity index (χ1v) is 7.52. The van der Waals surface area contributed by atoms with Gasteiger partial charge in [0.15, 0.2) is 5.66 Å². The Labute approximate surface area is 132 Å². The van der Waals surface area contributed by atoms with E-state index in [1.165, 1.54) is 0 Å². The molecule has 1 atom stereocenters. The van der Waals surface area contributed by atoms with Crippen LogP contribution in [0.1, 0.15) is 18.1 Å². The second-order valence-electron chi connectivity index (χ2n) is 4.86. The standard InChI is InChI=1S/C16H13BrN2S/c1-16(12-7-9-13(17)10-8-12)18-14(15(20)19-16)11-5-3-2-4-6-11/h2-10H,1H3,(H,19,20). The first kappa shape index (κ1) is 13.5. The van der Waals surface area contributed by atoms with Gasteiger partial charge in [-0.3, -0.25) is 0 Å². The molecule has 2 aromatic rings. The third-order valence-electron chi connectivity index (χ3n) is 3.36. The molecule has 1 aliphatic rings. The molecular formula is C16H13BrN2S. The van der Waals surface area contributed by atoms with Crippen LogP contribution < -0.4 is 5.32 Å². The highest BCUT2D eigenvalue weighted by Crippen LogP contribution is 2.29. The Bertz CT molecular complexity index is 679. The first-order valence-electron chi connectivity index (χ1n) is 6.32. The van der Waals surface area contributed by atoms with Crippen LogP contribution in [0.3, 0.4) is 0 Å². The van der Waals surface area contributed by atoms with Crippen LogP contribution in [-0.2, 0) is 5.66 Å². The molecule has 1 heterocycles. The molecule has 100 valence electrons. The number of aliphatic imine (C=N–C) groups is 1. The van der Waals surface area contributed by atoms with E-state index < -0.39 is 5.66 Å². The molecule has 2 aromatic carbocycles. The number of thiocarbonyl (C=S) groups is 1. The lowest BCUT2D eigenvalue weighted by Gasteiger charge is -2.22. The highest BCUT2D eigenvalue weighted by atomic mass is 79.9. The molecule has 4 heteroatoms. The molecule has 0 aromatic heterocycles. The van der Waals surface area contributed by atoms with Crippen LogP contribution in [0.4, 0.5) is 0 Å². The van der Waals surface area contributed by atoms with Crippen molar-refractivity contribution in [3.8, 4) is 0 Å². The summed E-state index contributed by atoms with van der Waals surface area (Å²) in [5, 5.41) is 3.33. The van der Waals surface area contributed by atoms with E-state index in [9.17, 15) is 0 Å². The van der Waals surface area contributed by atoms with Crippen LogP contribution in [0.25, 0.3) is 0 Å². The molecular weight excluding hydrogens is 332 g/mol. The van der Waals surface area contributed by atoms with Gasteiger partial charge < -0.3 is 5.32 Å². The molecule has 1 unspecified atom stereocenters. The minimum absolute atomic E-state index is 0.497. The maximum absolute atomic E-state index is 5.45. The maximum Gasteiger partial charge on any atom is 0.154 e. The number of nitrogens with zero attached hydrogens (tertiary/aromatic N) is 1. The number of benzene rings is 2. The Hall–Kier alpha value is -1.52. The Kier molecular flexibility index (Phi) is 3.44. The number of rotatable bonds is 2. The Balaban J connectivity index is 2.02. The molecule has 3 rings (SSSR count). The molecule has 0 saturated carbocycles. The van der Waals surface area contributed by atoms with E-state index in [4.69, 9.17) is 17.2 Å². The molecule has 0 fully saturated rings. The van der Waals surface area contributed by atoms with Crippen molar-refractivity contribution in [3.63, 3.8) is 0 Å². The largest absolute Gasteiger partial charge is 0.347 e. The molecule has 0 aliphatic carbocycles. The van der Waals surface area contributed by atoms with E-state index >= 15 is 0 Å². The minimum Gasteiger partial charge on any atom is -0.347 e. The zero-order chi connectivity index (χ0) is 14.2. The second-order valence-corrected chi connectivity index (χ2v) is 6.18. The summed E-state index contributed by atoms with van der Waals surface area (Å²) in [7, 11) is 0. The van der Waals surface area contributed by atoms with Crippen molar-refractivity contribution in [3.05, 3.63) is 70.2 Å². The summed E-state index contributed by atoms with van der Waals surface area (Å²) < 4.78 is 1.05.